The van der Waals surface area contributed by atoms with Crippen LogP contribution in [-0.2, 0) is 0 Å². The third-order valence-corrected chi connectivity index (χ3v) is 2.63. The number of unbranched alkanes of at least 4 members (excludes halogenated alkanes) is 2. The summed E-state index contributed by atoms with van der Waals surface area (Å²) in [5.41, 5.74) is 0.539. The third kappa shape index (κ3) is 5.09. The van der Waals surface area contributed by atoms with E-state index in [1.807, 2.05) is 13.8 Å². The van der Waals surface area contributed by atoms with Gasteiger partial charge in [-0.15, -0.1) is 0 Å². The lowest BCUT2D eigenvalue weighted by Crippen LogP contribution is -2.25. The van der Waals surface area contributed by atoms with Crippen molar-refractivity contribution < 1.29 is 5.11 Å². The number of allylic oxidation sites excluding steroid dienone is 1. The second-order valence-corrected chi connectivity index (χ2v) is 4.03. The van der Waals surface area contributed by atoms with Gasteiger partial charge < -0.3 is 5.11 Å². The molecule has 1 N–H and O–H groups in total. The van der Waals surface area contributed by atoms with E-state index < -0.39 is 5.60 Å². The van der Waals surface area contributed by atoms with Gasteiger partial charge in [-0.05, 0) is 32.3 Å². The van der Waals surface area contributed by atoms with Crippen LogP contribution >= 0.6 is 0 Å². The minimum absolute atomic E-state index is 0.578. The fraction of sp³-hybridized carbons (Fsp3) is 0.833. The molecule has 0 saturated carbocycles. The lowest BCUT2D eigenvalue weighted by molar-refractivity contribution is 0.0856. The Bertz CT molecular complexity index is 157. The zero-order valence-corrected chi connectivity index (χ0v) is 9.56. The molecule has 0 spiro atoms. The molecule has 0 aliphatic carbocycles. The summed E-state index contributed by atoms with van der Waals surface area (Å²) < 4.78 is 0. The van der Waals surface area contributed by atoms with Crippen molar-refractivity contribution in [3.05, 3.63) is 11.6 Å². The second kappa shape index (κ2) is 6.20. The van der Waals surface area contributed by atoms with Gasteiger partial charge in [-0.1, -0.05) is 39.2 Å². The van der Waals surface area contributed by atoms with E-state index in [1.54, 1.807) is 0 Å². The van der Waals surface area contributed by atoms with Crippen LogP contribution in [-0.4, -0.2) is 10.7 Å². The molecule has 0 heterocycles. The molecule has 0 amide bonds. The predicted molar refractivity (Wildman–Crippen MR) is 58.8 cm³/mol. The van der Waals surface area contributed by atoms with E-state index in [-0.39, 0.29) is 0 Å². The summed E-state index contributed by atoms with van der Waals surface area (Å²) in [4.78, 5) is 0. The van der Waals surface area contributed by atoms with Gasteiger partial charge >= 0.3 is 0 Å². The van der Waals surface area contributed by atoms with Gasteiger partial charge in [0.15, 0.2) is 0 Å². The van der Waals surface area contributed by atoms with E-state index in [4.69, 9.17) is 0 Å². The predicted octanol–water partition coefficient (Wildman–Crippen LogP) is 3.67. The number of hydrogen-bond acceptors (Lipinski definition) is 1. The molecule has 1 unspecified atom stereocenters. The highest BCUT2D eigenvalue weighted by molar-refractivity contribution is 5.11. The summed E-state index contributed by atoms with van der Waals surface area (Å²) in [5.74, 6) is 0. The monoisotopic (exact) mass is 184 g/mol. The normalized spacial score (nSPS) is 17.2. The molecule has 13 heavy (non-hydrogen) atoms. The first-order valence-corrected chi connectivity index (χ1v) is 5.44. The van der Waals surface area contributed by atoms with Crippen LogP contribution in [0.15, 0.2) is 11.6 Å². The van der Waals surface area contributed by atoms with E-state index in [0.717, 1.165) is 24.8 Å². The van der Waals surface area contributed by atoms with Crippen LogP contribution in [0.2, 0.25) is 0 Å². The topological polar surface area (TPSA) is 20.2 Å². The highest BCUT2D eigenvalue weighted by atomic mass is 16.3. The summed E-state index contributed by atoms with van der Waals surface area (Å²) >= 11 is 0. The van der Waals surface area contributed by atoms with Crippen molar-refractivity contribution in [2.45, 2.75) is 65.4 Å². The van der Waals surface area contributed by atoms with Crippen LogP contribution in [0, 0.1) is 0 Å². The standard InChI is InChI=1S/C12H24O/c1-5-7-8-10-12(4,13)11(3)9-6-2/h9,13H,5-8,10H2,1-4H3/b11-9+. The average Bonchev–Trinajstić information content (AvgIpc) is 2.05. The molecule has 1 heteroatoms. The molecule has 0 radical (unpaired) electrons. The summed E-state index contributed by atoms with van der Waals surface area (Å²) in [6, 6.07) is 0. The van der Waals surface area contributed by atoms with E-state index in [2.05, 4.69) is 19.9 Å². The van der Waals surface area contributed by atoms with Gasteiger partial charge in [0, 0.05) is 0 Å². The maximum absolute atomic E-state index is 10.1. The van der Waals surface area contributed by atoms with Crippen LogP contribution in [0.5, 0.6) is 0 Å². The van der Waals surface area contributed by atoms with Gasteiger partial charge in [0.1, 0.15) is 0 Å². The quantitative estimate of drug-likeness (QED) is 0.493. The fourth-order valence-corrected chi connectivity index (χ4v) is 1.44. The molecule has 78 valence electrons. The Hall–Kier alpha value is -0.300. The van der Waals surface area contributed by atoms with Crippen LogP contribution in [0.25, 0.3) is 0 Å². The van der Waals surface area contributed by atoms with Crippen LogP contribution in [0.3, 0.4) is 0 Å². The molecule has 0 rings (SSSR count). The van der Waals surface area contributed by atoms with Gasteiger partial charge in [-0.25, -0.2) is 0 Å². The number of hydrogen-bond donors (Lipinski definition) is 1. The van der Waals surface area contributed by atoms with E-state index in [1.165, 1.54) is 12.8 Å². The Morgan fingerprint density at radius 3 is 2.38 bits per heavy atom. The van der Waals surface area contributed by atoms with E-state index in [9.17, 15) is 5.11 Å². The molecule has 1 nitrogen and oxygen atoms in total. The Morgan fingerprint density at radius 2 is 1.92 bits per heavy atom. The third-order valence-electron chi connectivity index (χ3n) is 2.63. The smallest absolute Gasteiger partial charge is 0.0826 e. The van der Waals surface area contributed by atoms with E-state index in [0.29, 0.717) is 0 Å². The summed E-state index contributed by atoms with van der Waals surface area (Å²) in [5, 5.41) is 10.1. The lowest BCUT2D eigenvalue weighted by Gasteiger charge is -2.24. The molecule has 0 aliphatic rings. The van der Waals surface area contributed by atoms with E-state index >= 15 is 0 Å². The largest absolute Gasteiger partial charge is 0.386 e. The molecule has 0 aromatic carbocycles. The Labute approximate surface area is 82.9 Å². The minimum atomic E-state index is -0.578. The SMILES string of the molecule is CC/C=C(\C)C(C)(O)CCCCC. The van der Waals surface area contributed by atoms with Gasteiger partial charge in [-0.2, -0.15) is 0 Å². The number of aliphatic hydroxyl groups is 1. The Balaban J connectivity index is 3.98. The summed E-state index contributed by atoms with van der Waals surface area (Å²) in [6.07, 6.45) is 7.57. The summed E-state index contributed by atoms with van der Waals surface area (Å²) in [6.45, 7) is 8.23. The van der Waals surface area contributed by atoms with Crippen molar-refractivity contribution in [2.24, 2.45) is 0 Å². The van der Waals surface area contributed by atoms with Gasteiger partial charge in [0.05, 0.1) is 5.60 Å². The van der Waals surface area contributed by atoms with Gasteiger partial charge in [-0.3, -0.25) is 0 Å². The molecule has 0 aromatic rings. The average molecular weight is 184 g/mol. The van der Waals surface area contributed by atoms with Crippen molar-refractivity contribution in [3.8, 4) is 0 Å². The minimum Gasteiger partial charge on any atom is -0.386 e. The zero-order valence-electron chi connectivity index (χ0n) is 9.56. The van der Waals surface area contributed by atoms with Crippen molar-refractivity contribution in [2.75, 3.05) is 0 Å². The Morgan fingerprint density at radius 1 is 1.31 bits per heavy atom. The fourth-order valence-electron chi connectivity index (χ4n) is 1.44. The molecular formula is C12H24O. The molecule has 1 atom stereocenters. The zero-order chi connectivity index (χ0) is 10.3. The van der Waals surface area contributed by atoms with Crippen molar-refractivity contribution in [3.63, 3.8) is 0 Å². The first-order chi connectivity index (χ1) is 6.04. The van der Waals surface area contributed by atoms with Crippen LogP contribution < -0.4 is 0 Å². The highest BCUT2D eigenvalue weighted by Gasteiger charge is 2.20. The Kier molecular flexibility index (Phi) is 6.06. The second-order valence-electron chi connectivity index (χ2n) is 4.03. The van der Waals surface area contributed by atoms with Gasteiger partial charge in [0.25, 0.3) is 0 Å². The maximum Gasteiger partial charge on any atom is 0.0826 e. The number of rotatable bonds is 6. The molecule has 0 aromatic heterocycles. The summed E-state index contributed by atoms with van der Waals surface area (Å²) in [7, 11) is 0. The molecular weight excluding hydrogens is 160 g/mol. The van der Waals surface area contributed by atoms with Crippen LogP contribution in [0.4, 0.5) is 0 Å². The maximum atomic E-state index is 10.1. The highest BCUT2D eigenvalue weighted by Crippen LogP contribution is 2.23. The molecule has 0 bridgehead atoms. The lowest BCUT2D eigenvalue weighted by atomic mass is 9.90. The van der Waals surface area contributed by atoms with Crippen molar-refractivity contribution in [1.29, 1.82) is 0 Å². The molecule has 0 aliphatic heterocycles. The molecule has 0 fully saturated rings. The first-order valence-electron chi connectivity index (χ1n) is 5.44. The van der Waals surface area contributed by atoms with Gasteiger partial charge in [0.2, 0.25) is 0 Å². The van der Waals surface area contributed by atoms with Crippen molar-refractivity contribution >= 4 is 0 Å². The first kappa shape index (κ1) is 12.7. The molecule has 0 saturated heterocycles. The van der Waals surface area contributed by atoms with Crippen molar-refractivity contribution in [1.82, 2.24) is 0 Å². The van der Waals surface area contributed by atoms with Crippen LogP contribution in [0.1, 0.15) is 59.8 Å².